The highest BCUT2D eigenvalue weighted by molar-refractivity contribution is 9.10. The Morgan fingerprint density at radius 3 is 0.891 bits per heavy atom. The zero-order valence-electron chi connectivity index (χ0n) is 63.6. The SMILES string of the molecule is Brc1ccc(-c2ccc3c(c2)c2cc(-c4ccc5c(c4)c4cc(-c6ccc(Br)cc6)ccc4n5-c4ccccc4)ccc2n3-c2ccccc2)cc1.CCCCC1(CCCC)c2ccccc2-c2ccc(Nc3ccc(CCc4ccc(Nc5ccc6c(c5)C(CCCC)(CCCC)c5ccccc5-6)cc4)cc3)cc21. The summed E-state index contributed by atoms with van der Waals surface area (Å²) < 4.78 is 6.94. The monoisotopic (exact) mass is 1560 g/mol. The lowest BCUT2D eigenvalue weighted by Crippen LogP contribution is -2.25. The Morgan fingerprint density at radius 1 is 0.264 bits per heavy atom. The van der Waals surface area contributed by atoms with Crippen molar-refractivity contribution in [3.8, 4) is 67.0 Å². The highest BCUT2D eigenvalue weighted by Crippen LogP contribution is 2.57. The van der Waals surface area contributed by atoms with Crippen molar-refractivity contribution in [2.75, 3.05) is 10.6 Å². The van der Waals surface area contributed by atoms with Crippen LogP contribution in [-0.2, 0) is 23.7 Å². The molecule has 2 aliphatic rings. The molecule has 110 heavy (non-hydrogen) atoms. The molecule has 0 saturated heterocycles. The number of halogens is 2. The van der Waals surface area contributed by atoms with Crippen molar-refractivity contribution in [1.82, 2.24) is 9.13 Å². The van der Waals surface area contributed by atoms with Crippen molar-refractivity contribution in [3.05, 3.63) is 358 Å². The second-order valence-electron chi connectivity index (χ2n) is 30.6. The van der Waals surface area contributed by atoms with Crippen LogP contribution in [-0.4, -0.2) is 9.13 Å². The minimum Gasteiger partial charge on any atom is -0.356 e. The van der Waals surface area contributed by atoms with Crippen LogP contribution in [0.2, 0.25) is 0 Å². The minimum absolute atomic E-state index is 0.109. The summed E-state index contributed by atoms with van der Waals surface area (Å²) in [6.45, 7) is 9.30. The van der Waals surface area contributed by atoms with Gasteiger partial charge in [0.05, 0.1) is 22.1 Å². The summed E-state index contributed by atoms with van der Waals surface area (Å²) in [6.07, 6.45) is 16.8. The predicted molar refractivity (Wildman–Crippen MR) is 477 cm³/mol. The Morgan fingerprint density at radius 2 is 0.555 bits per heavy atom. The first-order valence-corrected chi connectivity index (χ1v) is 41.7. The first-order valence-electron chi connectivity index (χ1n) is 40.1. The fraction of sp³-hybridized carbons (Fsp3) is 0.192. The molecule has 0 radical (unpaired) electrons. The standard InChI is InChI=1S/C56H64N2.C48H30Br2N2/c1-5-9-35-55(36-10-6-2)51-19-15-13-17-47(51)49-33-31-45(39-53(49)55)57-43-27-23-41(24-28-43)21-22-42-25-29-44(30-26-42)58-46-32-34-50-48-18-14-16-20-52(48)56(37-11-7-3,38-12-8-4)54(50)40-46;49-37-19-11-31(12-20-37)33-15-23-45-41(27-33)43-29-35(17-25-47(43)51(45)39-7-3-1-4-8-39)36-18-26-48-44(30-36)42-28-34(32-13-21-38(50)22-14-32)16-24-46(42)52(48)40-9-5-2-6-10-40/h13-20,23-34,39-40,57-58H,5-12,21-22,35-38H2,1-4H3;1-30H. The first-order chi connectivity index (χ1) is 54.1. The zero-order chi connectivity index (χ0) is 74.7. The van der Waals surface area contributed by atoms with Crippen molar-refractivity contribution < 1.29 is 0 Å². The van der Waals surface area contributed by atoms with Gasteiger partial charge in [-0.3, -0.25) is 0 Å². The van der Waals surface area contributed by atoms with Crippen LogP contribution in [0.15, 0.2) is 324 Å². The highest BCUT2D eigenvalue weighted by Gasteiger charge is 2.43. The summed E-state index contributed by atoms with van der Waals surface area (Å²) in [5.41, 5.74) is 33.7. The van der Waals surface area contributed by atoms with Crippen LogP contribution in [0, 0.1) is 0 Å². The number of benzene rings is 14. The third kappa shape index (κ3) is 13.9. The summed E-state index contributed by atoms with van der Waals surface area (Å²) in [6, 6.07) is 117. The molecule has 2 N–H and O–H groups in total. The lowest BCUT2D eigenvalue weighted by molar-refractivity contribution is 0.414. The molecule has 0 atom stereocenters. The van der Waals surface area contributed by atoms with Crippen LogP contribution >= 0.6 is 31.9 Å². The summed E-state index contributed by atoms with van der Waals surface area (Å²) in [5, 5.41) is 12.5. The summed E-state index contributed by atoms with van der Waals surface area (Å²) >= 11 is 7.20. The van der Waals surface area contributed by atoms with E-state index in [4.69, 9.17) is 0 Å². The molecule has 2 heterocycles. The number of nitrogens with one attached hydrogen (secondary N) is 2. The molecule has 0 amide bonds. The minimum atomic E-state index is 0.109. The molecule has 544 valence electrons. The largest absolute Gasteiger partial charge is 0.356 e. The van der Waals surface area contributed by atoms with Gasteiger partial charge >= 0.3 is 0 Å². The number of hydrogen-bond acceptors (Lipinski definition) is 2. The van der Waals surface area contributed by atoms with Gasteiger partial charge in [-0.1, -0.05) is 281 Å². The predicted octanol–water partition coefficient (Wildman–Crippen LogP) is 30.7. The fourth-order valence-corrected chi connectivity index (χ4v) is 18.7. The summed E-state index contributed by atoms with van der Waals surface area (Å²) in [5.74, 6) is 0. The molecular formula is C104H94Br2N4. The van der Waals surface area contributed by atoms with Gasteiger partial charge in [0.2, 0.25) is 0 Å². The number of nitrogens with zero attached hydrogens (tertiary/aromatic N) is 2. The Bertz CT molecular complexity index is 5580. The molecule has 0 aliphatic heterocycles. The zero-order valence-corrected chi connectivity index (χ0v) is 66.7. The van der Waals surface area contributed by atoms with E-state index in [1.54, 1.807) is 0 Å². The van der Waals surface area contributed by atoms with Gasteiger partial charge in [-0.25, -0.2) is 0 Å². The van der Waals surface area contributed by atoms with E-state index in [1.807, 2.05) is 0 Å². The second-order valence-corrected chi connectivity index (χ2v) is 32.4. The molecule has 14 aromatic carbocycles. The lowest BCUT2D eigenvalue weighted by atomic mass is 9.71. The molecule has 6 heteroatoms. The van der Waals surface area contributed by atoms with Gasteiger partial charge < -0.3 is 19.8 Å². The Labute approximate surface area is 666 Å². The van der Waals surface area contributed by atoms with Gasteiger partial charge in [-0.05, 0) is 273 Å². The van der Waals surface area contributed by atoms with E-state index >= 15 is 0 Å². The normalized spacial score (nSPS) is 12.9. The van der Waals surface area contributed by atoms with Crippen molar-refractivity contribution in [2.45, 2.75) is 128 Å². The van der Waals surface area contributed by atoms with Gasteiger partial charge in [-0.15, -0.1) is 0 Å². The summed E-state index contributed by atoms with van der Waals surface area (Å²) in [7, 11) is 0. The number of unbranched alkanes of at least 4 members (excludes halogenated alkanes) is 4. The molecule has 0 saturated carbocycles. The Balaban J connectivity index is 0.000000161. The van der Waals surface area contributed by atoms with E-state index in [0.29, 0.717) is 0 Å². The summed E-state index contributed by atoms with van der Waals surface area (Å²) in [4.78, 5) is 0. The first kappa shape index (κ1) is 72.1. The van der Waals surface area contributed by atoms with E-state index in [-0.39, 0.29) is 10.8 Å². The topological polar surface area (TPSA) is 33.9 Å². The molecular weight excluding hydrogens is 1460 g/mol. The number of hydrogen-bond donors (Lipinski definition) is 2. The Kier molecular flexibility index (Phi) is 20.8. The van der Waals surface area contributed by atoms with Crippen LogP contribution in [0.4, 0.5) is 22.7 Å². The van der Waals surface area contributed by atoms with E-state index in [2.05, 4.69) is 395 Å². The maximum absolute atomic E-state index is 3.77. The maximum atomic E-state index is 3.77. The van der Waals surface area contributed by atoms with E-state index in [0.717, 1.165) is 44.5 Å². The number of fused-ring (bicyclic) bond motifs is 12. The van der Waals surface area contributed by atoms with E-state index in [1.165, 1.54) is 221 Å². The smallest absolute Gasteiger partial charge is 0.0541 e. The quantitative estimate of drug-likeness (QED) is 0.0632. The van der Waals surface area contributed by atoms with Gasteiger partial charge in [0.15, 0.2) is 0 Å². The number of aromatic nitrogens is 2. The molecule has 2 aliphatic carbocycles. The van der Waals surface area contributed by atoms with Crippen LogP contribution in [0.25, 0.3) is 111 Å². The highest BCUT2D eigenvalue weighted by atomic mass is 79.9. The van der Waals surface area contributed by atoms with Crippen molar-refractivity contribution in [2.24, 2.45) is 0 Å². The molecule has 18 rings (SSSR count). The van der Waals surface area contributed by atoms with Crippen LogP contribution in [0.1, 0.15) is 138 Å². The molecule has 2 aromatic heterocycles. The average Bonchev–Trinajstić information content (AvgIpc) is 1.58. The van der Waals surface area contributed by atoms with Crippen molar-refractivity contribution in [1.29, 1.82) is 0 Å². The second kappa shape index (κ2) is 31.7. The lowest BCUT2D eigenvalue weighted by Gasteiger charge is -2.33. The average molecular weight is 1560 g/mol. The Hall–Kier alpha value is -10.8. The van der Waals surface area contributed by atoms with Gasteiger partial charge in [0.1, 0.15) is 0 Å². The molecule has 0 bridgehead atoms. The third-order valence-electron chi connectivity index (χ3n) is 23.8. The van der Waals surface area contributed by atoms with Gasteiger partial charge in [0.25, 0.3) is 0 Å². The molecule has 0 spiro atoms. The van der Waals surface area contributed by atoms with E-state index < -0.39 is 0 Å². The molecule has 0 fully saturated rings. The van der Waals surface area contributed by atoms with E-state index in [9.17, 15) is 0 Å². The van der Waals surface area contributed by atoms with Crippen LogP contribution in [0.3, 0.4) is 0 Å². The van der Waals surface area contributed by atoms with Gasteiger partial charge in [-0.2, -0.15) is 0 Å². The number of aryl methyl sites for hydroxylation is 2. The maximum Gasteiger partial charge on any atom is 0.0541 e. The van der Waals surface area contributed by atoms with Crippen molar-refractivity contribution in [3.63, 3.8) is 0 Å². The molecule has 4 nitrogen and oxygen atoms in total. The van der Waals surface area contributed by atoms with Crippen LogP contribution in [0.5, 0.6) is 0 Å². The fourth-order valence-electron chi connectivity index (χ4n) is 18.2. The number of rotatable bonds is 24. The number of anilines is 4. The van der Waals surface area contributed by atoms with Gasteiger partial charge in [0, 0.05) is 75.4 Å². The number of para-hydroxylation sites is 2. The third-order valence-corrected chi connectivity index (χ3v) is 24.9. The van der Waals surface area contributed by atoms with Crippen molar-refractivity contribution >= 4 is 98.2 Å². The molecule has 16 aromatic rings. The molecule has 0 unspecified atom stereocenters. The van der Waals surface area contributed by atoms with Crippen LogP contribution < -0.4 is 10.6 Å².